The van der Waals surface area contributed by atoms with Crippen LogP contribution in [0, 0.1) is 0 Å². The second-order valence-corrected chi connectivity index (χ2v) is 21.5. The van der Waals surface area contributed by atoms with Gasteiger partial charge in [-0.2, -0.15) is 20.5 Å². The van der Waals surface area contributed by atoms with Gasteiger partial charge in [-0.3, -0.25) is 9.98 Å². The molecule has 0 bridgehead atoms. The van der Waals surface area contributed by atoms with Crippen molar-refractivity contribution in [2.75, 3.05) is 53.9 Å². The third-order valence-corrected chi connectivity index (χ3v) is 14.5. The molecule has 0 spiro atoms. The predicted octanol–water partition coefficient (Wildman–Crippen LogP) is 21.0. The maximum Gasteiger partial charge on any atom is 0.121 e. The Morgan fingerprint density at radius 2 is 0.483 bits per heavy atom. The van der Waals surface area contributed by atoms with Gasteiger partial charge in [0.25, 0.3) is 0 Å². The van der Waals surface area contributed by atoms with Gasteiger partial charge in [0, 0.05) is 18.5 Å². The molecule has 0 N–H and O–H groups in total. The van der Waals surface area contributed by atoms with Crippen LogP contribution in [0.3, 0.4) is 0 Å². The first kappa shape index (κ1) is 65.7. The van der Waals surface area contributed by atoms with Crippen LogP contribution in [0.1, 0.15) is 120 Å². The topological polar surface area (TPSA) is 148 Å². The molecule has 0 aliphatic carbocycles. The summed E-state index contributed by atoms with van der Waals surface area (Å²) in [4.78, 5) is 9.36. The summed E-state index contributed by atoms with van der Waals surface area (Å²) in [6.07, 6.45) is 22.8. The Hall–Kier alpha value is -9.30. The van der Waals surface area contributed by atoms with Gasteiger partial charge in [-0.15, -0.1) is 0 Å². The van der Waals surface area contributed by atoms with Crippen molar-refractivity contribution in [2.45, 2.75) is 109 Å². The smallest absolute Gasteiger partial charge is 0.121 e. The largest absolute Gasteiger partial charge is 0.497 e. The van der Waals surface area contributed by atoms with Crippen LogP contribution >= 0.6 is 0 Å². The molecule has 0 aliphatic rings. The number of ether oxygens (including phenoxy) is 8. The van der Waals surface area contributed by atoms with Gasteiger partial charge >= 0.3 is 0 Å². The molecule has 8 aromatic carbocycles. The molecule has 0 unspecified atom stereocenters. The van der Waals surface area contributed by atoms with Crippen molar-refractivity contribution in [3.05, 3.63) is 205 Å². The summed E-state index contributed by atoms with van der Waals surface area (Å²) in [5.74, 6) is 6.71. The molecule has 0 aromatic heterocycles. The number of methoxy groups -OCH3 is 2. The van der Waals surface area contributed by atoms with Crippen molar-refractivity contribution in [3.63, 3.8) is 0 Å². The third-order valence-electron chi connectivity index (χ3n) is 14.5. The summed E-state index contributed by atoms with van der Waals surface area (Å²) in [5, 5.41) is 17.2. The number of hydrogen-bond donors (Lipinski definition) is 0. The maximum atomic E-state index is 6.07. The van der Waals surface area contributed by atoms with Gasteiger partial charge in [0.05, 0.1) is 88.0 Å². The van der Waals surface area contributed by atoms with E-state index in [2.05, 4.69) is 25.4 Å². The summed E-state index contributed by atoms with van der Waals surface area (Å²) in [5.41, 5.74) is 6.87. The number of benzene rings is 8. The van der Waals surface area contributed by atoms with Gasteiger partial charge in [0.2, 0.25) is 0 Å². The van der Waals surface area contributed by atoms with E-state index < -0.39 is 0 Å². The lowest BCUT2D eigenvalue weighted by molar-refractivity contribution is 0.279. The summed E-state index contributed by atoms with van der Waals surface area (Å²) in [6.45, 7) is 4.15. The Kier molecular flexibility index (Phi) is 29.1. The minimum atomic E-state index is 0.635. The molecule has 8 aromatic rings. The van der Waals surface area contributed by atoms with Crippen LogP contribution in [-0.2, 0) is 0 Å². The van der Waals surface area contributed by atoms with E-state index in [1.807, 2.05) is 207 Å². The van der Waals surface area contributed by atoms with Crippen LogP contribution < -0.4 is 37.9 Å². The molecule has 0 radical (unpaired) electrons. The molecule has 0 atom stereocenters. The molecule has 464 valence electrons. The Bertz CT molecular complexity index is 3320. The first-order valence-electron chi connectivity index (χ1n) is 31.6. The van der Waals surface area contributed by atoms with Crippen LogP contribution in [0.4, 0.5) is 34.1 Å². The molecule has 0 aliphatic heterocycles. The summed E-state index contributed by atoms with van der Waals surface area (Å²) in [7, 11) is 3.29. The zero-order valence-electron chi connectivity index (χ0n) is 51.8. The highest BCUT2D eigenvalue weighted by molar-refractivity contribution is 5.83. The first-order chi connectivity index (χ1) is 44.0. The third kappa shape index (κ3) is 26.3. The van der Waals surface area contributed by atoms with Crippen LogP contribution in [0.15, 0.2) is 225 Å². The number of nitrogens with zero attached hydrogens (tertiary/aromatic N) is 6. The van der Waals surface area contributed by atoms with Crippen molar-refractivity contribution < 1.29 is 37.9 Å². The number of rotatable bonds is 42. The lowest BCUT2D eigenvalue weighted by atomic mass is 10.1. The molecule has 8 rings (SSSR count). The molecule has 14 nitrogen and oxygen atoms in total. The van der Waals surface area contributed by atoms with E-state index in [0.29, 0.717) is 26.4 Å². The van der Waals surface area contributed by atoms with E-state index in [9.17, 15) is 0 Å². The predicted molar refractivity (Wildman–Crippen MR) is 359 cm³/mol. The Labute approximate surface area is 526 Å². The molecular weight excluding hydrogens is 1110 g/mol. The average molecular weight is 1200 g/mol. The SMILES string of the molecule is COc1ccc(N=Nc2ccc(OCCCCCCCCCOc3ccc(C=Nc4ccc(OCCCCCOc5cccc(N=Cc6ccc(OCCCCCCCCCOc7ccc(N=Nc8ccc(OC)cc8)cc7)cc6)c5)cc4)cc3)cc2)cc1. The normalized spacial score (nSPS) is 11.4. The molecule has 0 saturated heterocycles. The first-order valence-corrected chi connectivity index (χ1v) is 31.6. The average Bonchev–Trinajstić information content (AvgIpc) is 3.78. The second-order valence-electron chi connectivity index (χ2n) is 21.5. The maximum absolute atomic E-state index is 6.07. The molecule has 0 fully saturated rings. The van der Waals surface area contributed by atoms with Gasteiger partial charge in [0.1, 0.15) is 46.0 Å². The van der Waals surface area contributed by atoms with Crippen LogP contribution in [0.2, 0.25) is 0 Å². The Morgan fingerprint density at radius 1 is 0.236 bits per heavy atom. The summed E-state index contributed by atoms with van der Waals surface area (Å²) < 4.78 is 46.4. The van der Waals surface area contributed by atoms with Crippen molar-refractivity contribution in [3.8, 4) is 46.0 Å². The standard InChI is InChI=1S/C75H86N6O8/c1-82-68-41-29-63(30-42-68)78-80-65-33-47-73(48-34-65)86-53-16-11-7-3-5-9-14-51-84-70-37-23-60(24-38-70)58-76-62-27-45-72(46-28-62)88-55-18-13-19-56-89-75-22-20-21-67(57-75)77-59-61-25-39-71(40-26-61)85-52-15-10-6-4-8-12-17-54-87-74-49-35-66(36-50-74)81-79-64-31-43-69(83-2)44-32-64/h20-50,57-59H,3-19,51-56H2,1-2H3. The fraction of sp³-hybridized carbons (Fsp3) is 0.333. The Morgan fingerprint density at radius 3 is 0.798 bits per heavy atom. The van der Waals surface area contributed by atoms with Crippen molar-refractivity contribution in [2.24, 2.45) is 30.4 Å². The fourth-order valence-corrected chi connectivity index (χ4v) is 9.32. The number of aliphatic imine (C=N–C) groups is 2. The summed E-state index contributed by atoms with van der Waals surface area (Å²) in [6, 6.07) is 62.4. The number of hydrogen-bond acceptors (Lipinski definition) is 14. The summed E-state index contributed by atoms with van der Waals surface area (Å²) >= 11 is 0. The van der Waals surface area contributed by atoms with Crippen molar-refractivity contribution >= 4 is 46.6 Å². The van der Waals surface area contributed by atoms with Gasteiger partial charge in [0.15, 0.2) is 0 Å². The van der Waals surface area contributed by atoms with Crippen molar-refractivity contribution in [1.82, 2.24) is 0 Å². The van der Waals surface area contributed by atoms with E-state index in [1.54, 1.807) is 14.2 Å². The quantitative estimate of drug-likeness (QED) is 0.0209. The number of azo groups is 2. The van der Waals surface area contributed by atoms with E-state index in [-0.39, 0.29) is 0 Å². The lowest BCUT2D eigenvalue weighted by Crippen LogP contribution is -2.00. The molecule has 0 amide bonds. The minimum absolute atomic E-state index is 0.635. The van der Waals surface area contributed by atoms with Gasteiger partial charge < -0.3 is 37.9 Å². The highest BCUT2D eigenvalue weighted by Crippen LogP contribution is 2.27. The zero-order valence-corrected chi connectivity index (χ0v) is 51.8. The van der Waals surface area contributed by atoms with Gasteiger partial charge in [-0.25, -0.2) is 0 Å². The molecule has 0 saturated carbocycles. The molecule has 14 heteroatoms. The Balaban J connectivity index is 0.576. The van der Waals surface area contributed by atoms with Gasteiger partial charge in [-0.1, -0.05) is 70.3 Å². The monoisotopic (exact) mass is 1200 g/mol. The van der Waals surface area contributed by atoms with E-state index in [1.165, 1.54) is 44.9 Å². The highest BCUT2D eigenvalue weighted by atomic mass is 16.5. The van der Waals surface area contributed by atoms with Gasteiger partial charge in [-0.05, 0) is 238 Å². The zero-order chi connectivity index (χ0) is 61.4. The second kappa shape index (κ2) is 39.5. The van der Waals surface area contributed by atoms with Crippen molar-refractivity contribution in [1.29, 1.82) is 0 Å². The highest BCUT2D eigenvalue weighted by Gasteiger charge is 2.04. The molecule has 89 heavy (non-hydrogen) atoms. The van der Waals surface area contributed by atoms with E-state index >= 15 is 0 Å². The van der Waals surface area contributed by atoms with Crippen LogP contribution in [0.5, 0.6) is 46.0 Å². The van der Waals surface area contributed by atoms with E-state index in [4.69, 9.17) is 42.9 Å². The van der Waals surface area contributed by atoms with E-state index in [0.717, 1.165) is 169 Å². The fourth-order valence-electron chi connectivity index (χ4n) is 9.32. The lowest BCUT2D eigenvalue weighted by Gasteiger charge is -2.08. The molecular formula is C75H86N6O8. The van der Waals surface area contributed by atoms with Crippen LogP contribution in [-0.4, -0.2) is 66.3 Å². The number of unbranched alkanes of at least 4 members (excludes halogenated alkanes) is 14. The van der Waals surface area contributed by atoms with Crippen LogP contribution in [0.25, 0.3) is 0 Å². The minimum Gasteiger partial charge on any atom is -0.497 e. The molecule has 0 heterocycles.